The Kier molecular flexibility index (Phi) is 4.51. The molecular formula is C18H15NO3S2. The van der Waals surface area contributed by atoms with Gasteiger partial charge in [0, 0.05) is 10.9 Å². The largest absolute Gasteiger partial charge is 0.297 e. The smallest absolute Gasteiger partial charge is 0.261 e. The predicted molar refractivity (Wildman–Crippen MR) is 97.1 cm³/mol. The standard InChI is InChI=1S/C18H15NO3S2/c1-13-7-9-15(10-8-13)24(21,22)19-18-16(12-23-17(18)11-20)14-5-3-2-4-6-14/h2-12,19H,1H3. The van der Waals surface area contributed by atoms with Crippen molar-refractivity contribution < 1.29 is 13.2 Å². The molecule has 1 heterocycles. The van der Waals surface area contributed by atoms with Crippen LogP contribution in [-0.2, 0) is 10.0 Å². The molecule has 4 nitrogen and oxygen atoms in total. The van der Waals surface area contributed by atoms with Crippen LogP contribution in [0.15, 0.2) is 64.9 Å². The Morgan fingerprint density at radius 2 is 1.67 bits per heavy atom. The first-order valence-electron chi connectivity index (χ1n) is 7.23. The molecule has 3 aromatic rings. The van der Waals surface area contributed by atoms with Crippen LogP contribution in [0.25, 0.3) is 11.1 Å². The molecule has 24 heavy (non-hydrogen) atoms. The molecule has 0 aliphatic heterocycles. The van der Waals surface area contributed by atoms with E-state index in [1.54, 1.807) is 29.6 Å². The van der Waals surface area contributed by atoms with Crippen molar-refractivity contribution in [2.24, 2.45) is 0 Å². The normalized spacial score (nSPS) is 11.2. The summed E-state index contributed by atoms with van der Waals surface area (Å²) in [5.41, 5.74) is 2.84. The highest BCUT2D eigenvalue weighted by Gasteiger charge is 2.20. The van der Waals surface area contributed by atoms with Crippen LogP contribution >= 0.6 is 11.3 Å². The van der Waals surface area contributed by atoms with Gasteiger partial charge in [0.15, 0.2) is 6.29 Å². The number of hydrogen-bond acceptors (Lipinski definition) is 4. The number of benzene rings is 2. The van der Waals surface area contributed by atoms with E-state index in [-0.39, 0.29) is 4.90 Å². The van der Waals surface area contributed by atoms with Crippen molar-refractivity contribution in [2.45, 2.75) is 11.8 Å². The van der Waals surface area contributed by atoms with E-state index in [4.69, 9.17) is 0 Å². The fraction of sp³-hybridized carbons (Fsp3) is 0.0556. The van der Waals surface area contributed by atoms with Gasteiger partial charge in [-0.15, -0.1) is 11.3 Å². The second-order valence-electron chi connectivity index (χ2n) is 5.29. The fourth-order valence-corrected chi connectivity index (χ4v) is 4.30. The first-order valence-corrected chi connectivity index (χ1v) is 9.59. The van der Waals surface area contributed by atoms with Crippen molar-refractivity contribution in [3.8, 4) is 11.1 Å². The highest BCUT2D eigenvalue weighted by Crippen LogP contribution is 2.36. The van der Waals surface area contributed by atoms with Crippen molar-refractivity contribution in [2.75, 3.05) is 4.72 Å². The van der Waals surface area contributed by atoms with Crippen molar-refractivity contribution in [3.05, 3.63) is 70.4 Å². The number of carbonyl (C=O) groups excluding carboxylic acids is 1. The molecule has 3 rings (SSSR count). The number of hydrogen-bond donors (Lipinski definition) is 1. The molecule has 0 aliphatic rings. The van der Waals surface area contributed by atoms with Crippen LogP contribution in [0.1, 0.15) is 15.2 Å². The lowest BCUT2D eigenvalue weighted by molar-refractivity contribution is 0.112. The van der Waals surface area contributed by atoms with Gasteiger partial charge < -0.3 is 0 Å². The zero-order valence-corrected chi connectivity index (χ0v) is 14.5. The number of aryl methyl sites for hydroxylation is 1. The van der Waals surface area contributed by atoms with Gasteiger partial charge in [0.25, 0.3) is 10.0 Å². The minimum atomic E-state index is -3.77. The van der Waals surface area contributed by atoms with Gasteiger partial charge in [-0.05, 0) is 24.6 Å². The maximum Gasteiger partial charge on any atom is 0.261 e. The Morgan fingerprint density at radius 1 is 1.00 bits per heavy atom. The van der Waals surface area contributed by atoms with Crippen LogP contribution in [0.5, 0.6) is 0 Å². The SMILES string of the molecule is Cc1ccc(S(=O)(=O)Nc2c(-c3ccccc3)csc2C=O)cc1. The van der Waals surface area contributed by atoms with Crippen LogP contribution < -0.4 is 4.72 Å². The molecule has 122 valence electrons. The first-order chi connectivity index (χ1) is 11.5. The van der Waals surface area contributed by atoms with Gasteiger partial charge in [0.1, 0.15) is 0 Å². The van der Waals surface area contributed by atoms with E-state index in [1.807, 2.05) is 37.3 Å². The summed E-state index contributed by atoms with van der Waals surface area (Å²) in [4.78, 5) is 11.8. The topological polar surface area (TPSA) is 63.2 Å². The Balaban J connectivity index is 2.05. The predicted octanol–water partition coefficient (Wildman–Crippen LogP) is 4.34. The number of carbonyl (C=O) groups is 1. The molecule has 1 N–H and O–H groups in total. The fourth-order valence-electron chi connectivity index (χ4n) is 2.31. The van der Waals surface area contributed by atoms with Gasteiger partial charge in [0.2, 0.25) is 0 Å². The third-order valence-electron chi connectivity index (χ3n) is 3.58. The molecule has 0 radical (unpaired) electrons. The number of nitrogens with one attached hydrogen (secondary N) is 1. The highest BCUT2D eigenvalue weighted by atomic mass is 32.2. The summed E-state index contributed by atoms with van der Waals surface area (Å²) in [6.45, 7) is 1.89. The molecule has 0 unspecified atom stereocenters. The van der Waals surface area contributed by atoms with Gasteiger partial charge in [-0.25, -0.2) is 8.42 Å². The van der Waals surface area contributed by atoms with E-state index in [0.29, 0.717) is 22.4 Å². The van der Waals surface area contributed by atoms with E-state index >= 15 is 0 Å². The Hall–Kier alpha value is -2.44. The van der Waals surface area contributed by atoms with Gasteiger partial charge in [-0.1, -0.05) is 48.0 Å². The molecule has 0 amide bonds. The van der Waals surface area contributed by atoms with Crippen molar-refractivity contribution in [3.63, 3.8) is 0 Å². The second kappa shape index (κ2) is 6.59. The summed E-state index contributed by atoms with van der Waals surface area (Å²) in [6.07, 6.45) is 0.671. The summed E-state index contributed by atoms with van der Waals surface area (Å²) in [7, 11) is -3.77. The summed E-state index contributed by atoms with van der Waals surface area (Å²) < 4.78 is 27.9. The molecule has 0 spiro atoms. The molecule has 0 fully saturated rings. The lowest BCUT2D eigenvalue weighted by atomic mass is 10.1. The number of rotatable bonds is 5. The third-order valence-corrected chi connectivity index (χ3v) is 5.85. The lowest BCUT2D eigenvalue weighted by Gasteiger charge is -2.10. The number of aldehydes is 1. The van der Waals surface area contributed by atoms with Gasteiger partial charge in [-0.3, -0.25) is 9.52 Å². The maximum absolute atomic E-state index is 12.6. The Bertz CT molecular complexity index is 959. The molecule has 0 bridgehead atoms. The Labute approximate surface area is 144 Å². The summed E-state index contributed by atoms with van der Waals surface area (Å²) in [5, 5.41) is 1.78. The van der Waals surface area contributed by atoms with E-state index in [9.17, 15) is 13.2 Å². The zero-order chi connectivity index (χ0) is 17.2. The van der Waals surface area contributed by atoms with Crippen LogP contribution in [0.2, 0.25) is 0 Å². The monoisotopic (exact) mass is 357 g/mol. The number of anilines is 1. The number of sulfonamides is 1. The van der Waals surface area contributed by atoms with Crippen LogP contribution in [0.4, 0.5) is 5.69 Å². The minimum absolute atomic E-state index is 0.162. The molecule has 0 aliphatic carbocycles. The van der Waals surface area contributed by atoms with Crippen LogP contribution in [-0.4, -0.2) is 14.7 Å². The maximum atomic E-state index is 12.6. The van der Waals surface area contributed by atoms with Crippen LogP contribution in [0.3, 0.4) is 0 Å². The summed E-state index contributed by atoms with van der Waals surface area (Å²) in [5.74, 6) is 0. The average Bonchev–Trinajstić information content (AvgIpc) is 2.98. The second-order valence-corrected chi connectivity index (χ2v) is 7.88. The van der Waals surface area contributed by atoms with Crippen molar-refractivity contribution >= 4 is 33.3 Å². The summed E-state index contributed by atoms with van der Waals surface area (Å²) >= 11 is 1.21. The Morgan fingerprint density at radius 3 is 2.29 bits per heavy atom. The molecule has 0 saturated heterocycles. The van der Waals surface area contributed by atoms with Crippen molar-refractivity contribution in [1.29, 1.82) is 0 Å². The molecule has 2 aromatic carbocycles. The summed E-state index contributed by atoms with van der Waals surface area (Å²) in [6, 6.07) is 15.9. The zero-order valence-electron chi connectivity index (χ0n) is 12.9. The molecule has 0 atom stereocenters. The molecule has 0 saturated carbocycles. The quantitative estimate of drug-likeness (QED) is 0.691. The van der Waals surface area contributed by atoms with Crippen LogP contribution in [0, 0.1) is 6.92 Å². The van der Waals surface area contributed by atoms with Crippen molar-refractivity contribution in [1.82, 2.24) is 0 Å². The highest BCUT2D eigenvalue weighted by molar-refractivity contribution is 7.92. The van der Waals surface area contributed by atoms with E-state index in [1.165, 1.54) is 11.3 Å². The molecule has 1 aromatic heterocycles. The molecular weight excluding hydrogens is 342 g/mol. The lowest BCUT2D eigenvalue weighted by Crippen LogP contribution is -2.14. The number of thiophene rings is 1. The third kappa shape index (κ3) is 3.25. The van der Waals surface area contributed by atoms with Gasteiger partial charge in [0.05, 0.1) is 15.5 Å². The van der Waals surface area contributed by atoms with Gasteiger partial charge in [-0.2, -0.15) is 0 Å². The van der Waals surface area contributed by atoms with E-state index < -0.39 is 10.0 Å². The average molecular weight is 357 g/mol. The molecule has 6 heteroatoms. The van der Waals surface area contributed by atoms with E-state index in [2.05, 4.69) is 4.72 Å². The van der Waals surface area contributed by atoms with E-state index in [0.717, 1.165) is 11.1 Å². The first kappa shape index (κ1) is 16.4. The minimum Gasteiger partial charge on any atom is -0.297 e. The van der Waals surface area contributed by atoms with Gasteiger partial charge >= 0.3 is 0 Å².